The van der Waals surface area contributed by atoms with Crippen molar-refractivity contribution in [3.63, 3.8) is 0 Å². The van der Waals surface area contributed by atoms with Crippen LogP contribution in [0.3, 0.4) is 0 Å². The van der Waals surface area contributed by atoms with Gasteiger partial charge < -0.3 is 5.32 Å². The molecule has 0 bridgehead atoms. The third-order valence-corrected chi connectivity index (χ3v) is 7.53. The molecule has 3 N–H and O–H groups in total. The summed E-state index contributed by atoms with van der Waals surface area (Å²) in [6.07, 6.45) is 6.22. The molecule has 3 amide bonds. The average Bonchev–Trinajstić information content (AvgIpc) is 3.72. The highest BCUT2D eigenvalue weighted by molar-refractivity contribution is 6.03. The van der Waals surface area contributed by atoms with E-state index in [1.807, 2.05) is 48.5 Å². The second kappa shape index (κ2) is 12.6. The number of hydrogen-bond donors (Lipinski definition) is 3. The molecule has 5 aromatic rings. The van der Waals surface area contributed by atoms with Crippen molar-refractivity contribution < 1.29 is 9.59 Å². The van der Waals surface area contributed by atoms with Crippen molar-refractivity contribution in [3.8, 4) is 11.4 Å². The van der Waals surface area contributed by atoms with Crippen LogP contribution >= 0.6 is 0 Å². The van der Waals surface area contributed by atoms with E-state index in [0.29, 0.717) is 23.0 Å². The lowest BCUT2D eigenvalue weighted by molar-refractivity contribution is 0.102. The molecule has 2 heterocycles. The van der Waals surface area contributed by atoms with Crippen LogP contribution in [-0.2, 0) is 13.6 Å². The summed E-state index contributed by atoms with van der Waals surface area (Å²) in [4.78, 5) is 29.4. The van der Waals surface area contributed by atoms with Crippen LogP contribution in [0.15, 0.2) is 72.8 Å². The van der Waals surface area contributed by atoms with Crippen LogP contribution < -0.4 is 15.5 Å². The molecular weight excluding hydrogens is 546 g/mol. The van der Waals surface area contributed by atoms with Crippen LogP contribution in [0.2, 0.25) is 0 Å². The summed E-state index contributed by atoms with van der Waals surface area (Å²) in [5.74, 6) is 0.761. The third kappa shape index (κ3) is 6.72. The first kappa shape index (κ1) is 27.7. The zero-order valence-corrected chi connectivity index (χ0v) is 23.6. The topological polar surface area (TPSA) is 160 Å². The number of benzene rings is 3. The van der Waals surface area contributed by atoms with Crippen molar-refractivity contribution in [2.45, 2.75) is 44.6 Å². The first-order valence-electron chi connectivity index (χ1n) is 14.2. The van der Waals surface area contributed by atoms with Crippen LogP contribution in [0.5, 0.6) is 0 Å². The van der Waals surface area contributed by atoms with E-state index in [1.165, 1.54) is 42.5 Å². The smallest absolute Gasteiger partial charge is 0.308 e. The van der Waals surface area contributed by atoms with Gasteiger partial charge in [0.2, 0.25) is 5.82 Å². The highest BCUT2D eigenvalue weighted by atomic mass is 16.2. The van der Waals surface area contributed by atoms with Crippen molar-refractivity contribution in [1.29, 1.82) is 0 Å². The minimum atomic E-state index is -0.363. The number of H-pyrrole nitrogens is 1. The van der Waals surface area contributed by atoms with Crippen molar-refractivity contribution in [1.82, 2.24) is 40.8 Å². The fraction of sp³-hybridized carbons (Fsp3) is 0.267. The zero-order chi connectivity index (χ0) is 29.6. The van der Waals surface area contributed by atoms with Gasteiger partial charge in [0.1, 0.15) is 0 Å². The molecule has 1 fully saturated rings. The normalized spacial score (nSPS) is 13.4. The van der Waals surface area contributed by atoms with Gasteiger partial charge in [-0.2, -0.15) is 10.0 Å². The SMILES string of the molecule is Cn1nnc(-c2cccc(NC(=O)N(Cc3ccc(C(=O)Nc4nn[nH]n4)cc3)c3ccc(C4CCCCC4)cc3)c2)n1. The molecule has 0 atom stereocenters. The molecule has 0 unspecified atom stereocenters. The average molecular weight is 578 g/mol. The Balaban J connectivity index is 1.22. The Labute approximate surface area is 247 Å². The summed E-state index contributed by atoms with van der Waals surface area (Å²) in [6, 6.07) is 22.4. The summed E-state index contributed by atoms with van der Waals surface area (Å²) >= 11 is 0. The highest BCUT2D eigenvalue weighted by Gasteiger charge is 2.20. The van der Waals surface area contributed by atoms with E-state index in [1.54, 1.807) is 24.1 Å². The number of nitrogens with zero attached hydrogens (tertiary/aromatic N) is 8. The maximum Gasteiger partial charge on any atom is 0.326 e. The fourth-order valence-corrected chi connectivity index (χ4v) is 5.30. The Bertz CT molecular complexity index is 1680. The second-order valence-corrected chi connectivity index (χ2v) is 10.5. The number of rotatable bonds is 8. The van der Waals surface area contributed by atoms with Gasteiger partial charge >= 0.3 is 6.03 Å². The Kier molecular flexibility index (Phi) is 8.11. The molecule has 0 spiro atoms. The predicted octanol–water partition coefficient (Wildman–Crippen LogP) is 4.93. The van der Waals surface area contributed by atoms with Crippen molar-refractivity contribution in [2.75, 3.05) is 15.5 Å². The number of aromatic nitrogens is 8. The van der Waals surface area contributed by atoms with Gasteiger partial charge in [0.15, 0.2) is 0 Å². The molecule has 13 heteroatoms. The number of nitrogens with one attached hydrogen (secondary N) is 3. The van der Waals surface area contributed by atoms with E-state index >= 15 is 0 Å². The van der Waals surface area contributed by atoms with E-state index in [0.717, 1.165) is 16.8 Å². The lowest BCUT2D eigenvalue weighted by Gasteiger charge is -2.26. The number of anilines is 3. The molecular formula is C30H31N11O2. The van der Waals surface area contributed by atoms with Crippen LogP contribution in [0.1, 0.15) is 59.5 Å². The molecule has 0 saturated heterocycles. The van der Waals surface area contributed by atoms with Gasteiger partial charge in [0, 0.05) is 22.5 Å². The third-order valence-electron chi connectivity index (χ3n) is 7.53. The number of tetrazole rings is 2. The van der Waals surface area contributed by atoms with Crippen molar-refractivity contribution in [3.05, 3.63) is 89.5 Å². The fourth-order valence-electron chi connectivity index (χ4n) is 5.30. The molecule has 3 aromatic carbocycles. The summed E-state index contributed by atoms with van der Waals surface area (Å²) in [5.41, 5.74) is 4.69. The Morgan fingerprint density at radius 1 is 0.953 bits per heavy atom. The van der Waals surface area contributed by atoms with Crippen LogP contribution in [0.25, 0.3) is 11.4 Å². The van der Waals surface area contributed by atoms with Crippen LogP contribution in [-0.4, -0.2) is 52.8 Å². The van der Waals surface area contributed by atoms with Crippen LogP contribution in [0, 0.1) is 0 Å². The Morgan fingerprint density at radius 3 is 2.44 bits per heavy atom. The van der Waals surface area contributed by atoms with E-state index in [-0.39, 0.29) is 24.4 Å². The predicted molar refractivity (Wildman–Crippen MR) is 160 cm³/mol. The summed E-state index contributed by atoms with van der Waals surface area (Å²) in [7, 11) is 1.70. The van der Waals surface area contributed by atoms with Gasteiger partial charge in [-0.3, -0.25) is 15.0 Å². The molecule has 6 rings (SSSR count). The molecule has 1 saturated carbocycles. The number of hydrogen-bond acceptors (Lipinski definition) is 8. The molecule has 0 aliphatic heterocycles. The van der Waals surface area contributed by atoms with Gasteiger partial charge in [0.25, 0.3) is 11.9 Å². The Morgan fingerprint density at radius 2 is 1.74 bits per heavy atom. The lowest BCUT2D eigenvalue weighted by atomic mass is 9.84. The first-order valence-corrected chi connectivity index (χ1v) is 14.2. The molecule has 2 aromatic heterocycles. The lowest BCUT2D eigenvalue weighted by Crippen LogP contribution is -2.34. The van der Waals surface area contributed by atoms with Gasteiger partial charge in [0.05, 0.1) is 13.6 Å². The first-order chi connectivity index (χ1) is 21.0. The highest BCUT2D eigenvalue weighted by Crippen LogP contribution is 2.33. The van der Waals surface area contributed by atoms with Gasteiger partial charge in [-0.15, -0.1) is 15.3 Å². The standard InChI is InChI=1S/C30H31N11O2/c1-40-36-27(33-39-40)24-8-5-9-25(18-24)31-30(43)41(26-16-14-22(15-17-26)21-6-3-2-4-7-21)19-20-10-12-23(13-11-20)28(42)32-29-34-37-38-35-29/h5,8-18,21H,2-4,6-7,19H2,1H3,(H,31,43)(H2,32,34,35,37,38,42). The Hall–Kier alpha value is -5.46. The number of aryl methyl sites for hydroxylation is 1. The quantitative estimate of drug-likeness (QED) is 0.234. The molecule has 43 heavy (non-hydrogen) atoms. The van der Waals surface area contributed by atoms with Crippen molar-refractivity contribution in [2.24, 2.45) is 7.05 Å². The molecule has 218 valence electrons. The maximum absolute atomic E-state index is 13.8. The van der Waals surface area contributed by atoms with E-state index in [9.17, 15) is 9.59 Å². The number of amides is 3. The maximum atomic E-state index is 13.8. The molecule has 1 aliphatic rings. The molecule has 0 radical (unpaired) electrons. The number of carbonyl (C=O) groups excluding carboxylic acids is 2. The zero-order valence-electron chi connectivity index (χ0n) is 23.6. The van der Waals surface area contributed by atoms with Gasteiger partial charge in [-0.05, 0) is 76.7 Å². The summed E-state index contributed by atoms with van der Waals surface area (Å²) in [6.45, 7) is 0.284. The van der Waals surface area contributed by atoms with E-state index in [4.69, 9.17) is 0 Å². The number of aromatic amines is 1. The van der Waals surface area contributed by atoms with Crippen LogP contribution in [0.4, 0.5) is 22.1 Å². The second-order valence-electron chi connectivity index (χ2n) is 10.5. The monoisotopic (exact) mass is 577 g/mol. The van der Waals surface area contributed by atoms with Gasteiger partial charge in [-0.1, -0.05) is 60.8 Å². The van der Waals surface area contributed by atoms with Crippen molar-refractivity contribution >= 4 is 29.3 Å². The molecule has 1 aliphatic carbocycles. The van der Waals surface area contributed by atoms with E-state index < -0.39 is 0 Å². The summed E-state index contributed by atoms with van der Waals surface area (Å²) in [5, 5.41) is 31.1. The number of carbonyl (C=O) groups is 2. The minimum absolute atomic E-state index is 0.0905. The largest absolute Gasteiger partial charge is 0.326 e. The minimum Gasteiger partial charge on any atom is -0.308 e. The molecule has 13 nitrogen and oxygen atoms in total. The number of urea groups is 1. The van der Waals surface area contributed by atoms with Gasteiger partial charge in [-0.25, -0.2) is 4.79 Å². The van der Waals surface area contributed by atoms with E-state index in [2.05, 4.69) is 58.8 Å². The summed E-state index contributed by atoms with van der Waals surface area (Å²) < 4.78 is 0.